The van der Waals surface area contributed by atoms with E-state index in [0.29, 0.717) is 22.5 Å². The number of carbonyl (C=O) groups excluding carboxylic acids is 2. The van der Waals surface area contributed by atoms with Crippen LogP contribution >= 0.6 is 0 Å². The summed E-state index contributed by atoms with van der Waals surface area (Å²) in [5.41, 5.74) is 3.36. The van der Waals surface area contributed by atoms with E-state index in [1.807, 2.05) is 18.2 Å². The second-order valence-electron chi connectivity index (χ2n) is 9.75. The van der Waals surface area contributed by atoms with Crippen molar-refractivity contribution in [2.45, 2.75) is 50.2 Å². The van der Waals surface area contributed by atoms with E-state index in [9.17, 15) is 20.0 Å². The van der Waals surface area contributed by atoms with Crippen LogP contribution in [0.5, 0.6) is 0 Å². The fourth-order valence-corrected chi connectivity index (χ4v) is 5.56. The Morgan fingerprint density at radius 3 is 2.92 bits per heavy atom. The van der Waals surface area contributed by atoms with E-state index in [-0.39, 0.29) is 30.0 Å². The monoisotopic (exact) mass is 487 g/mol. The van der Waals surface area contributed by atoms with Gasteiger partial charge in [-0.1, -0.05) is 6.42 Å². The number of aliphatic hydroxyl groups excluding tert-OH is 1. The zero-order valence-corrected chi connectivity index (χ0v) is 20.1. The maximum atomic E-state index is 13.1. The van der Waals surface area contributed by atoms with E-state index in [4.69, 9.17) is 0 Å². The zero-order valence-electron chi connectivity index (χ0n) is 20.1. The van der Waals surface area contributed by atoms with Crippen molar-refractivity contribution in [3.63, 3.8) is 0 Å². The van der Waals surface area contributed by atoms with Gasteiger partial charge in [-0.3, -0.25) is 14.6 Å². The second-order valence-corrected chi connectivity index (χ2v) is 9.75. The first-order chi connectivity index (χ1) is 17.4. The minimum Gasteiger partial charge on any atom is -0.393 e. The summed E-state index contributed by atoms with van der Waals surface area (Å²) in [6.45, 7) is -0.135. The Morgan fingerprint density at radius 2 is 2.11 bits per heavy atom. The van der Waals surface area contributed by atoms with Gasteiger partial charge in [-0.2, -0.15) is 10.4 Å². The van der Waals surface area contributed by atoms with Crippen LogP contribution in [0.4, 0.5) is 5.69 Å². The molecule has 3 heterocycles. The summed E-state index contributed by atoms with van der Waals surface area (Å²) in [5.74, 6) is -0.434. The number of nitriles is 1. The van der Waals surface area contributed by atoms with Crippen LogP contribution in [0.15, 0.2) is 36.7 Å². The highest BCUT2D eigenvalue weighted by Crippen LogP contribution is 2.45. The fourth-order valence-electron chi connectivity index (χ4n) is 5.56. The molecule has 5 rings (SSSR count). The predicted octanol–water partition coefficient (Wildman–Crippen LogP) is 2.24. The summed E-state index contributed by atoms with van der Waals surface area (Å²) in [4.78, 5) is 29.3. The first-order valence-electron chi connectivity index (χ1n) is 12.2. The number of carbonyl (C=O) groups is 2. The maximum Gasteiger partial charge on any atom is 0.255 e. The van der Waals surface area contributed by atoms with E-state index in [0.717, 1.165) is 49.7 Å². The summed E-state index contributed by atoms with van der Waals surface area (Å²) >= 11 is 0. The van der Waals surface area contributed by atoms with Crippen molar-refractivity contribution in [1.82, 2.24) is 25.2 Å². The highest BCUT2D eigenvalue weighted by molar-refractivity contribution is 6.01. The molecule has 2 aliphatic rings. The molecule has 3 unspecified atom stereocenters. The topological polar surface area (TPSA) is 144 Å². The molecule has 10 nitrogen and oxygen atoms in total. The average molecular weight is 488 g/mol. The van der Waals surface area contributed by atoms with Crippen molar-refractivity contribution in [2.24, 2.45) is 5.92 Å². The average Bonchev–Trinajstić information content (AvgIpc) is 3.33. The number of anilines is 1. The third-order valence-corrected chi connectivity index (χ3v) is 7.47. The molecule has 2 saturated carbocycles. The molecule has 3 aromatic heterocycles. The van der Waals surface area contributed by atoms with Gasteiger partial charge in [0.15, 0.2) is 0 Å². The molecule has 0 saturated heterocycles. The number of likely N-dealkylation sites (N-methyl/N-ethyl adjacent to an activating group) is 1. The van der Waals surface area contributed by atoms with E-state index in [2.05, 4.69) is 32.1 Å². The van der Waals surface area contributed by atoms with E-state index >= 15 is 0 Å². The van der Waals surface area contributed by atoms with Crippen molar-refractivity contribution < 1.29 is 14.7 Å². The minimum absolute atomic E-state index is 0.135. The van der Waals surface area contributed by atoms with Crippen molar-refractivity contribution in [2.75, 3.05) is 18.9 Å². The summed E-state index contributed by atoms with van der Waals surface area (Å²) in [5, 5.41) is 32.8. The molecule has 36 heavy (non-hydrogen) atoms. The van der Waals surface area contributed by atoms with Gasteiger partial charge >= 0.3 is 0 Å². The summed E-state index contributed by atoms with van der Waals surface area (Å²) in [7, 11) is 1.52. The number of rotatable bonds is 6. The standard InChI is InChI=1S/C26H29N7O3/c1-28-24(35)15-30-25(36)19-14-29-21(22-5-4-18-9-16(12-27)13-31-33(18)22)10-20(19)32-26-7-2-3-17(11-26)23(34)6-8-26/h4-5,9-10,13-14,17,23,34H,2-3,6-8,11,15H2,1H3,(H,28,35)(H,29,32)(H,30,36). The number of amides is 2. The van der Waals surface area contributed by atoms with E-state index in [1.54, 1.807) is 10.6 Å². The van der Waals surface area contributed by atoms with Crippen LogP contribution in [0.3, 0.4) is 0 Å². The molecule has 0 spiro atoms. The Balaban J connectivity index is 1.52. The SMILES string of the molecule is CNC(=O)CNC(=O)c1cnc(-c2ccc3cc(C#N)cnn23)cc1NC12CCCC(C1)C(O)CC2. The molecule has 2 amide bonds. The maximum absolute atomic E-state index is 13.1. The van der Waals surface area contributed by atoms with Crippen LogP contribution in [-0.4, -0.2) is 56.8 Å². The Kier molecular flexibility index (Phi) is 6.33. The number of pyridine rings is 1. The smallest absolute Gasteiger partial charge is 0.255 e. The van der Waals surface area contributed by atoms with Crippen LogP contribution < -0.4 is 16.0 Å². The van der Waals surface area contributed by atoms with Crippen molar-refractivity contribution in [1.29, 1.82) is 5.26 Å². The lowest BCUT2D eigenvalue weighted by Crippen LogP contribution is -2.50. The van der Waals surface area contributed by atoms with Gasteiger partial charge in [0.1, 0.15) is 6.07 Å². The molecular weight excluding hydrogens is 458 g/mol. The number of fused-ring (bicyclic) bond motifs is 3. The molecule has 186 valence electrons. The quantitative estimate of drug-likeness (QED) is 0.417. The van der Waals surface area contributed by atoms with Gasteiger partial charge in [-0.05, 0) is 62.3 Å². The summed E-state index contributed by atoms with van der Waals surface area (Å²) in [6.07, 6.45) is 8.12. The van der Waals surface area contributed by atoms with Crippen LogP contribution in [0.1, 0.15) is 54.4 Å². The van der Waals surface area contributed by atoms with Gasteiger partial charge in [0.05, 0.1) is 52.6 Å². The predicted molar refractivity (Wildman–Crippen MR) is 133 cm³/mol. The molecule has 2 bridgehead atoms. The summed E-state index contributed by atoms with van der Waals surface area (Å²) in [6, 6.07) is 9.45. The summed E-state index contributed by atoms with van der Waals surface area (Å²) < 4.78 is 1.71. The molecule has 2 aliphatic carbocycles. The molecule has 0 radical (unpaired) electrons. The number of hydrogen-bond donors (Lipinski definition) is 4. The lowest BCUT2D eigenvalue weighted by molar-refractivity contribution is -0.119. The molecule has 0 aliphatic heterocycles. The molecule has 2 fully saturated rings. The van der Waals surface area contributed by atoms with Crippen LogP contribution in [0.25, 0.3) is 16.9 Å². The number of aliphatic hydroxyl groups is 1. The second kappa shape index (κ2) is 9.59. The normalized spacial score (nSPS) is 23.0. The van der Waals surface area contributed by atoms with Gasteiger partial charge in [0, 0.05) is 18.8 Å². The Morgan fingerprint density at radius 1 is 1.25 bits per heavy atom. The number of aromatic nitrogens is 3. The highest BCUT2D eigenvalue weighted by atomic mass is 16.3. The molecule has 4 N–H and O–H groups in total. The van der Waals surface area contributed by atoms with Gasteiger partial charge in [0.2, 0.25) is 5.91 Å². The molecule has 3 aromatic rings. The molecule has 10 heteroatoms. The van der Waals surface area contributed by atoms with E-state index < -0.39 is 5.91 Å². The highest BCUT2D eigenvalue weighted by Gasteiger charge is 2.43. The first kappa shape index (κ1) is 23.8. The van der Waals surface area contributed by atoms with Gasteiger partial charge in [0.25, 0.3) is 5.91 Å². The minimum atomic E-state index is -0.392. The number of nitrogens with one attached hydrogen (secondary N) is 3. The van der Waals surface area contributed by atoms with E-state index in [1.165, 1.54) is 19.4 Å². The Hall–Kier alpha value is -3.97. The lowest BCUT2D eigenvalue weighted by atomic mass is 9.66. The lowest BCUT2D eigenvalue weighted by Gasteiger charge is -2.48. The number of hydrogen-bond acceptors (Lipinski definition) is 7. The Labute approximate surface area is 208 Å². The Bertz CT molecular complexity index is 1360. The first-order valence-corrected chi connectivity index (χ1v) is 12.2. The third-order valence-electron chi connectivity index (χ3n) is 7.47. The van der Waals surface area contributed by atoms with Crippen molar-refractivity contribution in [3.05, 3.63) is 47.8 Å². The third kappa shape index (κ3) is 4.50. The van der Waals surface area contributed by atoms with Crippen molar-refractivity contribution in [3.8, 4) is 17.5 Å². The molecule has 3 atom stereocenters. The number of nitrogens with zero attached hydrogens (tertiary/aromatic N) is 4. The van der Waals surface area contributed by atoms with Crippen LogP contribution in [-0.2, 0) is 4.79 Å². The zero-order chi connectivity index (χ0) is 25.3. The van der Waals surface area contributed by atoms with Crippen molar-refractivity contribution >= 4 is 23.0 Å². The fraction of sp³-hybridized carbons (Fsp3) is 0.423. The molecular formula is C26H29N7O3. The van der Waals surface area contributed by atoms with Gasteiger partial charge in [-0.25, -0.2) is 4.52 Å². The van der Waals surface area contributed by atoms with Crippen LogP contribution in [0, 0.1) is 17.2 Å². The van der Waals surface area contributed by atoms with Crippen LogP contribution in [0.2, 0.25) is 0 Å². The van der Waals surface area contributed by atoms with Gasteiger partial charge < -0.3 is 21.1 Å². The molecule has 0 aromatic carbocycles. The largest absolute Gasteiger partial charge is 0.393 e. The van der Waals surface area contributed by atoms with Gasteiger partial charge in [-0.15, -0.1) is 0 Å².